The molecule has 0 aromatic heterocycles. The van der Waals surface area contributed by atoms with Gasteiger partial charge >= 0.3 is 64.3 Å². The zero-order valence-corrected chi connectivity index (χ0v) is 9.53. The standard InChI is InChI=1S/6ClH.Ir/h6*1H;/q;;;;;;+4/p-6. The van der Waals surface area contributed by atoms with Gasteiger partial charge in [-0.1, -0.05) is 0 Å². The Bertz CT molecular complexity index is 62.7. The van der Waals surface area contributed by atoms with Gasteiger partial charge in [-0.2, -0.15) is 0 Å². The van der Waals surface area contributed by atoms with E-state index in [1.807, 2.05) is 0 Å². The second kappa shape index (κ2) is 1.51. The normalized spacial score (nSPS) is 23.1. The van der Waals surface area contributed by atoms with Crippen LogP contribution in [0.1, 0.15) is 0 Å². The van der Waals surface area contributed by atoms with E-state index in [1.165, 1.54) is 0 Å². The van der Waals surface area contributed by atoms with Crippen LogP contribution in [0.3, 0.4) is 0 Å². The number of hydrogen-bond donors (Lipinski definition) is 0. The zero-order valence-electron chi connectivity index (χ0n) is 2.60. The van der Waals surface area contributed by atoms with Gasteiger partial charge in [-0.25, -0.2) is 0 Å². The van der Waals surface area contributed by atoms with E-state index in [4.69, 9.17) is 57.5 Å². The molecule has 0 rings (SSSR count). The van der Waals surface area contributed by atoms with Gasteiger partial charge in [0.25, 0.3) is 0 Å². The molecular weight excluding hydrogens is 405 g/mol. The third kappa shape index (κ3) is 60.0. The molecule has 0 amide bonds. The van der Waals surface area contributed by atoms with Gasteiger partial charge in [0.15, 0.2) is 0 Å². The maximum absolute atomic E-state index is 5.33. The third-order valence-corrected chi connectivity index (χ3v) is 0. The van der Waals surface area contributed by atoms with Crippen LogP contribution in [0.15, 0.2) is 0 Å². The molecule has 0 aliphatic carbocycles. The first-order chi connectivity index (χ1) is 2.45. The number of halogens is 6. The molecule has 0 heterocycles. The average molecular weight is 405 g/mol. The second-order valence-corrected chi connectivity index (χ2v) is 52.6. The van der Waals surface area contributed by atoms with Gasteiger partial charge in [0, 0.05) is 0 Å². The molecule has 0 aliphatic heterocycles. The summed E-state index contributed by atoms with van der Waals surface area (Å²) in [7, 11) is 30.3. The van der Waals surface area contributed by atoms with E-state index < -0.39 is 6.81 Å². The Morgan fingerprint density at radius 1 is 0.571 bits per heavy atom. The molecule has 0 aliphatic rings. The molecule has 0 spiro atoms. The summed E-state index contributed by atoms with van der Waals surface area (Å²) in [6.07, 6.45) is 0. The fourth-order valence-corrected chi connectivity index (χ4v) is 0. The van der Waals surface area contributed by atoms with Gasteiger partial charge < -0.3 is 0 Å². The van der Waals surface area contributed by atoms with E-state index >= 15 is 0 Å². The minimum atomic E-state index is -5.33. The molecule has 0 unspecified atom stereocenters. The van der Waals surface area contributed by atoms with Gasteiger partial charge in [0.05, 0.1) is 0 Å². The van der Waals surface area contributed by atoms with E-state index in [0.717, 1.165) is 0 Å². The Hall–Kier alpha value is 2.39. The van der Waals surface area contributed by atoms with Crippen molar-refractivity contribution in [2.75, 3.05) is 0 Å². The first-order valence-corrected chi connectivity index (χ1v) is 18.6. The Labute approximate surface area is 63.5 Å². The third-order valence-electron chi connectivity index (χ3n) is 0. The van der Waals surface area contributed by atoms with Crippen LogP contribution in [0.4, 0.5) is 0 Å². The van der Waals surface area contributed by atoms with Crippen LogP contribution in [0.2, 0.25) is 0 Å². The molecule has 0 N–H and O–H groups in total. The summed E-state index contributed by atoms with van der Waals surface area (Å²) in [4.78, 5) is 0. The van der Waals surface area contributed by atoms with Gasteiger partial charge in [0.1, 0.15) is 0 Å². The van der Waals surface area contributed by atoms with Gasteiger partial charge in [-0.05, 0) is 0 Å². The quantitative estimate of drug-likeness (QED) is 0.569. The van der Waals surface area contributed by atoms with Crippen LogP contribution in [-0.4, -0.2) is 0 Å². The molecule has 0 radical (unpaired) electrons. The second-order valence-electron chi connectivity index (χ2n) is 0.714. The fraction of sp³-hybridized carbons (Fsp3) is 0. The van der Waals surface area contributed by atoms with Crippen molar-refractivity contribution in [3.8, 4) is 0 Å². The van der Waals surface area contributed by atoms with Crippen molar-refractivity contribution >= 4 is 57.5 Å². The van der Waals surface area contributed by atoms with Crippen molar-refractivity contribution in [3.63, 3.8) is 0 Å². The zero-order chi connectivity index (χ0) is 6.41. The van der Waals surface area contributed by atoms with E-state index in [0.29, 0.717) is 0 Å². The molecule has 0 saturated carbocycles. The van der Waals surface area contributed by atoms with Crippen LogP contribution >= 0.6 is 57.5 Å². The molecule has 0 fully saturated rings. The molecule has 0 aromatic carbocycles. The van der Waals surface area contributed by atoms with Crippen molar-refractivity contribution in [1.82, 2.24) is 0 Å². The molecule has 0 bridgehead atoms. The summed E-state index contributed by atoms with van der Waals surface area (Å²) < 4.78 is 0. The molecule has 53 valence electrons. The summed E-state index contributed by atoms with van der Waals surface area (Å²) in [5, 5.41) is 0. The van der Waals surface area contributed by atoms with E-state index in [2.05, 4.69) is 0 Å². The van der Waals surface area contributed by atoms with Crippen LogP contribution in [0.5, 0.6) is 0 Å². The predicted octanol–water partition coefficient (Wildman–Crippen LogP) is 4.13. The van der Waals surface area contributed by atoms with E-state index in [9.17, 15) is 0 Å². The Kier molecular flexibility index (Phi) is 2.03. The van der Waals surface area contributed by atoms with Gasteiger partial charge in [0.2, 0.25) is 0 Å². The molecule has 0 saturated heterocycles. The van der Waals surface area contributed by atoms with Crippen LogP contribution in [-0.2, 0) is 6.81 Å². The van der Waals surface area contributed by atoms with Gasteiger partial charge in [-0.15, -0.1) is 0 Å². The fourth-order valence-electron chi connectivity index (χ4n) is 0. The van der Waals surface area contributed by atoms with Gasteiger partial charge in [-0.3, -0.25) is 0 Å². The van der Waals surface area contributed by atoms with Crippen LogP contribution in [0, 0.1) is 0 Å². The van der Waals surface area contributed by atoms with Crippen LogP contribution in [0.25, 0.3) is 0 Å². The monoisotopic (exact) mass is 403 g/mol. The summed E-state index contributed by atoms with van der Waals surface area (Å²) in [6, 6.07) is 0. The summed E-state index contributed by atoms with van der Waals surface area (Å²) in [5.41, 5.74) is 0. The first-order valence-electron chi connectivity index (χ1n) is 0.756. The molecule has 0 nitrogen and oxygen atoms in total. The number of rotatable bonds is 0. The van der Waals surface area contributed by atoms with E-state index in [1.54, 1.807) is 0 Å². The molecular formula is Cl6Ir-2. The predicted molar refractivity (Wildman–Crippen MR) is 35.1 cm³/mol. The summed E-state index contributed by atoms with van der Waals surface area (Å²) in [5.74, 6) is 0. The van der Waals surface area contributed by atoms with Crippen molar-refractivity contribution in [1.29, 1.82) is 0 Å². The van der Waals surface area contributed by atoms with E-state index in [-0.39, 0.29) is 0 Å². The van der Waals surface area contributed by atoms with Crippen molar-refractivity contribution in [2.45, 2.75) is 0 Å². The first kappa shape index (κ1) is 9.39. The van der Waals surface area contributed by atoms with Crippen molar-refractivity contribution in [2.24, 2.45) is 0 Å². The van der Waals surface area contributed by atoms with Crippen molar-refractivity contribution < 1.29 is 6.81 Å². The topological polar surface area (TPSA) is 0 Å². The van der Waals surface area contributed by atoms with Crippen LogP contribution < -0.4 is 0 Å². The molecule has 7 heavy (non-hydrogen) atoms. The molecule has 0 atom stereocenters. The maximum atomic E-state index is 5.06. The average Bonchev–Trinajstić information content (AvgIpc) is 0.592. The van der Waals surface area contributed by atoms with Crippen molar-refractivity contribution in [3.05, 3.63) is 0 Å². The Morgan fingerprint density at radius 3 is 0.571 bits per heavy atom. The SMILES string of the molecule is [Cl][Ir-2]([Cl])([Cl])([Cl])([Cl])[Cl]. The molecule has 0 aromatic rings. The minimum absolute atomic E-state index is 5.06. The number of hydrogen-bond acceptors (Lipinski definition) is 0. The summed E-state index contributed by atoms with van der Waals surface area (Å²) in [6.45, 7) is -5.33. The Morgan fingerprint density at radius 2 is 0.571 bits per heavy atom. The molecule has 7 heteroatoms. The Balaban J connectivity index is 4.43. The summed E-state index contributed by atoms with van der Waals surface area (Å²) >= 11 is 0.